The van der Waals surface area contributed by atoms with E-state index in [4.69, 9.17) is 16.6 Å². The van der Waals surface area contributed by atoms with Crippen LogP contribution < -0.4 is 4.90 Å². The van der Waals surface area contributed by atoms with Crippen molar-refractivity contribution >= 4 is 17.4 Å². The summed E-state index contributed by atoms with van der Waals surface area (Å²) in [6, 6.07) is 0. The highest BCUT2D eigenvalue weighted by Crippen LogP contribution is 2.26. The lowest BCUT2D eigenvalue weighted by molar-refractivity contribution is 0.554. The topological polar surface area (TPSA) is 46.8 Å². The van der Waals surface area contributed by atoms with Gasteiger partial charge in [-0.3, -0.25) is 0 Å². The van der Waals surface area contributed by atoms with Gasteiger partial charge in [-0.25, -0.2) is 15.0 Å². The molecule has 0 bridgehead atoms. The standard InChI is InChI=1S/C14H18ClN5/c1-3-4-11-17-13(15)10(2)14(18-11)20-8-7-19-6-5-16-12(19)9-20/h5-6H,3-4,7-9H2,1-2H3. The van der Waals surface area contributed by atoms with Gasteiger partial charge in [0.1, 0.15) is 22.6 Å². The molecule has 0 radical (unpaired) electrons. The molecule has 0 aromatic carbocycles. The van der Waals surface area contributed by atoms with Crippen molar-refractivity contribution in [2.75, 3.05) is 11.4 Å². The highest BCUT2D eigenvalue weighted by Gasteiger charge is 2.21. The summed E-state index contributed by atoms with van der Waals surface area (Å²) >= 11 is 6.25. The van der Waals surface area contributed by atoms with Gasteiger partial charge in [0.05, 0.1) is 6.54 Å². The summed E-state index contributed by atoms with van der Waals surface area (Å²) in [5, 5.41) is 0.562. The van der Waals surface area contributed by atoms with E-state index in [1.54, 1.807) is 0 Å². The van der Waals surface area contributed by atoms with Gasteiger partial charge in [0.25, 0.3) is 0 Å². The number of anilines is 1. The highest BCUT2D eigenvalue weighted by molar-refractivity contribution is 6.30. The summed E-state index contributed by atoms with van der Waals surface area (Å²) < 4.78 is 2.18. The van der Waals surface area contributed by atoms with Crippen LogP contribution in [0.25, 0.3) is 0 Å². The Morgan fingerprint density at radius 3 is 2.95 bits per heavy atom. The van der Waals surface area contributed by atoms with Crippen molar-refractivity contribution in [2.45, 2.75) is 39.8 Å². The molecule has 0 unspecified atom stereocenters. The van der Waals surface area contributed by atoms with E-state index in [1.807, 2.05) is 19.3 Å². The number of hydrogen-bond acceptors (Lipinski definition) is 4. The van der Waals surface area contributed by atoms with Gasteiger partial charge in [0, 0.05) is 37.5 Å². The molecule has 0 saturated carbocycles. The first-order chi connectivity index (χ1) is 9.69. The van der Waals surface area contributed by atoms with Gasteiger partial charge in [-0.15, -0.1) is 0 Å². The van der Waals surface area contributed by atoms with E-state index in [2.05, 4.69) is 26.4 Å². The maximum Gasteiger partial charge on any atom is 0.137 e. The zero-order valence-corrected chi connectivity index (χ0v) is 12.6. The first-order valence-electron chi connectivity index (χ1n) is 6.97. The second-order valence-electron chi connectivity index (χ2n) is 5.09. The van der Waals surface area contributed by atoms with E-state index < -0.39 is 0 Å². The van der Waals surface area contributed by atoms with Crippen LogP contribution in [0.2, 0.25) is 5.15 Å². The quantitative estimate of drug-likeness (QED) is 0.816. The van der Waals surface area contributed by atoms with Crippen molar-refractivity contribution in [3.63, 3.8) is 0 Å². The van der Waals surface area contributed by atoms with Gasteiger partial charge in [0.2, 0.25) is 0 Å². The number of aryl methyl sites for hydroxylation is 1. The Morgan fingerprint density at radius 2 is 2.15 bits per heavy atom. The molecule has 106 valence electrons. The van der Waals surface area contributed by atoms with Gasteiger partial charge >= 0.3 is 0 Å². The van der Waals surface area contributed by atoms with Crippen LogP contribution in [0.5, 0.6) is 0 Å². The van der Waals surface area contributed by atoms with Crippen molar-refractivity contribution < 1.29 is 0 Å². The molecule has 0 spiro atoms. The van der Waals surface area contributed by atoms with Crippen molar-refractivity contribution in [3.8, 4) is 0 Å². The second-order valence-corrected chi connectivity index (χ2v) is 5.45. The fourth-order valence-corrected chi connectivity index (χ4v) is 2.70. The molecule has 0 amide bonds. The van der Waals surface area contributed by atoms with Crippen LogP contribution in [-0.2, 0) is 19.5 Å². The Labute approximate surface area is 123 Å². The summed E-state index contributed by atoms with van der Waals surface area (Å²) in [6.45, 7) is 6.72. The monoisotopic (exact) mass is 291 g/mol. The number of rotatable bonds is 3. The molecule has 3 rings (SSSR count). The highest BCUT2D eigenvalue weighted by atomic mass is 35.5. The number of imidazole rings is 1. The fraction of sp³-hybridized carbons (Fsp3) is 0.500. The maximum absolute atomic E-state index is 6.25. The molecule has 1 aliphatic rings. The van der Waals surface area contributed by atoms with Crippen molar-refractivity contribution in [1.82, 2.24) is 19.5 Å². The van der Waals surface area contributed by atoms with E-state index >= 15 is 0 Å². The minimum absolute atomic E-state index is 0.562. The molecule has 0 aliphatic carbocycles. The van der Waals surface area contributed by atoms with Crippen LogP contribution in [0, 0.1) is 6.92 Å². The molecular formula is C14H18ClN5. The molecule has 0 atom stereocenters. The Hall–Kier alpha value is -1.62. The lowest BCUT2D eigenvalue weighted by atomic mass is 10.2. The third-order valence-corrected chi connectivity index (χ3v) is 3.99. The van der Waals surface area contributed by atoms with Gasteiger partial charge in [-0.05, 0) is 13.3 Å². The molecule has 2 aromatic heterocycles. The first kappa shape index (κ1) is 13.4. The number of hydrogen-bond donors (Lipinski definition) is 0. The van der Waals surface area contributed by atoms with Crippen molar-refractivity contribution in [1.29, 1.82) is 0 Å². The van der Waals surface area contributed by atoms with E-state index in [9.17, 15) is 0 Å². The normalized spacial score (nSPS) is 14.4. The smallest absolute Gasteiger partial charge is 0.137 e. The Morgan fingerprint density at radius 1 is 1.30 bits per heavy atom. The van der Waals surface area contributed by atoms with E-state index in [0.717, 1.165) is 55.5 Å². The van der Waals surface area contributed by atoms with E-state index in [1.165, 1.54) is 0 Å². The molecule has 20 heavy (non-hydrogen) atoms. The largest absolute Gasteiger partial charge is 0.347 e. The molecule has 6 heteroatoms. The van der Waals surface area contributed by atoms with Crippen LogP contribution in [0.1, 0.15) is 30.6 Å². The van der Waals surface area contributed by atoms with E-state index in [-0.39, 0.29) is 0 Å². The molecular weight excluding hydrogens is 274 g/mol. The first-order valence-corrected chi connectivity index (χ1v) is 7.34. The summed E-state index contributed by atoms with van der Waals surface area (Å²) in [7, 11) is 0. The molecule has 2 aromatic rings. The molecule has 1 aliphatic heterocycles. The predicted octanol–water partition coefficient (Wildman–Crippen LogP) is 2.61. The molecule has 0 N–H and O–H groups in total. The minimum atomic E-state index is 0.562. The number of aromatic nitrogens is 4. The Balaban J connectivity index is 1.94. The molecule has 0 fully saturated rings. The van der Waals surface area contributed by atoms with Gasteiger partial charge in [-0.1, -0.05) is 18.5 Å². The predicted molar refractivity (Wildman–Crippen MR) is 79.1 cm³/mol. The van der Waals surface area contributed by atoms with Gasteiger partial charge in [0.15, 0.2) is 0 Å². The fourth-order valence-electron chi connectivity index (χ4n) is 2.52. The SMILES string of the molecule is CCCc1nc(Cl)c(C)c(N2CCn3ccnc3C2)n1. The zero-order valence-electron chi connectivity index (χ0n) is 11.8. The second kappa shape index (κ2) is 5.40. The third kappa shape index (κ3) is 2.38. The molecule has 3 heterocycles. The zero-order chi connectivity index (χ0) is 14.1. The van der Waals surface area contributed by atoms with Crippen LogP contribution in [0.4, 0.5) is 5.82 Å². The van der Waals surface area contributed by atoms with Crippen molar-refractivity contribution in [2.24, 2.45) is 0 Å². The lowest BCUT2D eigenvalue weighted by Gasteiger charge is -2.30. The number of fused-ring (bicyclic) bond motifs is 1. The number of halogens is 1. The summed E-state index contributed by atoms with van der Waals surface area (Å²) in [5.74, 6) is 2.84. The average Bonchev–Trinajstić information content (AvgIpc) is 2.90. The van der Waals surface area contributed by atoms with Crippen LogP contribution >= 0.6 is 11.6 Å². The van der Waals surface area contributed by atoms with Gasteiger partial charge < -0.3 is 9.47 Å². The van der Waals surface area contributed by atoms with Crippen LogP contribution in [0.3, 0.4) is 0 Å². The Bertz CT molecular complexity index is 622. The number of nitrogens with zero attached hydrogens (tertiary/aromatic N) is 5. The molecule has 0 saturated heterocycles. The maximum atomic E-state index is 6.25. The summed E-state index contributed by atoms with van der Waals surface area (Å²) in [4.78, 5) is 15.7. The van der Waals surface area contributed by atoms with E-state index in [0.29, 0.717) is 5.15 Å². The van der Waals surface area contributed by atoms with Crippen molar-refractivity contribution in [3.05, 3.63) is 34.8 Å². The van der Waals surface area contributed by atoms with Crippen LogP contribution in [0.15, 0.2) is 12.4 Å². The Kier molecular flexibility index (Phi) is 3.61. The third-order valence-electron chi connectivity index (χ3n) is 3.62. The minimum Gasteiger partial charge on any atom is -0.347 e. The average molecular weight is 292 g/mol. The summed E-state index contributed by atoms with van der Waals surface area (Å²) in [5.41, 5.74) is 0.950. The van der Waals surface area contributed by atoms with Gasteiger partial charge in [-0.2, -0.15) is 0 Å². The lowest BCUT2D eigenvalue weighted by Crippen LogP contribution is -2.35. The van der Waals surface area contributed by atoms with Crippen LogP contribution in [-0.4, -0.2) is 26.1 Å². The molecule has 5 nitrogen and oxygen atoms in total. The summed E-state index contributed by atoms with van der Waals surface area (Å²) in [6.07, 6.45) is 5.74.